The van der Waals surface area contributed by atoms with Gasteiger partial charge in [-0.15, -0.1) is 11.3 Å². The largest absolute Gasteiger partial charge is 0.486 e. The molecule has 0 saturated carbocycles. The number of hydrogen-bond acceptors (Lipinski definition) is 5. The molecule has 0 spiro atoms. The highest BCUT2D eigenvalue weighted by Crippen LogP contribution is 2.23. The summed E-state index contributed by atoms with van der Waals surface area (Å²) in [6.07, 6.45) is 0.192. The number of benzene rings is 3. The molecule has 31 heavy (non-hydrogen) atoms. The van der Waals surface area contributed by atoms with E-state index in [4.69, 9.17) is 4.74 Å². The van der Waals surface area contributed by atoms with Crippen LogP contribution in [0.25, 0.3) is 0 Å². The third-order valence-corrected chi connectivity index (χ3v) is 5.46. The lowest BCUT2D eigenvalue weighted by molar-refractivity contribution is -0.120. The van der Waals surface area contributed by atoms with Gasteiger partial charge in [-0.05, 0) is 43.3 Å². The van der Waals surface area contributed by atoms with Crippen LogP contribution in [0.15, 0.2) is 90.3 Å². The minimum atomic E-state index is -0.135. The molecule has 5 nitrogen and oxygen atoms in total. The van der Waals surface area contributed by atoms with Crippen LogP contribution in [-0.4, -0.2) is 10.9 Å². The Morgan fingerprint density at radius 1 is 0.935 bits per heavy atom. The standard InChI is InChI=1S/C25H23N3O2S/c1-19-12-14-23(15-13-19)30-17-25-26-20(18-31-25)16-24(29)27-28(21-8-4-2-5-9-21)22-10-6-3-7-11-22/h2-15,18H,16-17H2,1H3,(H,27,29). The molecule has 0 radical (unpaired) electrons. The van der Waals surface area contributed by atoms with E-state index >= 15 is 0 Å². The number of ether oxygens (including phenoxy) is 1. The van der Waals surface area contributed by atoms with Gasteiger partial charge in [-0.1, -0.05) is 54.1 Å². The summed E-state index contributed by atoms with van der Waals surface area (Å²) >= 11 is 1.50. The molecule has 4 rings (SSSR count). The van der Waals surface area contributed by atoms with Crippen LogP contribution in [0.5, 0.6) is 5.75 Å². The van der Waals surface area contributed by atoms with Crippen molar-refractivity contribution < 1.29 is 9.53 Å². The maximum absolute atomic E-state index is 12.8. The number of para-hydroxylation sites is 2. The molecular formula is C25H23N3O2S. The predicted octanol–water partition coefficient (Wildman–Crippen LogP) is 5.44. The van der Waals surface area contributed by atoms with Crippen molar-refractivity contribution >= 4 is 28.6 Å². The van der Waals surface area contributed by atoms with Gasteiger partial charge in [0.05, 0.1) is 23.5 Å². The highest BCUT2D eigenvalue weighted by Gasteiger charge is 2.14. The van der Waals surface area contributed by atoms with Crippen LogP contribution < -0.4 is 15.2 Å². The Morgan fingerprint density at radius 2 is 1.55 bits per heavy atom. The lowest BCUT2D eigenvalue weighted by atomic mass is 10.2. The number of nitrogens with zero attached hydrogens (tertiary/aromatic N) is 2. The van der Waals surface area contributed by atoms with E-state index < -0.39 is 0 Å². The van der Waals surface area contributed by atoms with E-state index in [2.05, 4.69) is 10.4 Å². The third-order valence-electron chi connectivity index (χ3n) is 4.59. The summed E-state index contributed by atoms with van der Waals surface area (Å²) in [5, 5.41) is 4.53. The second-order valence-corrected chi connectivity index (χ2v) is 8.00. The van der Waals surface area contributed by atoms with Gasteiger partial charge < -0.3 is 4.74 Å². The first-order chi connectivity index (χ1) is 15.2. The minimum Gasteiger partial charge on any atom is -0.486 e. The Bertz CT molecular complexity index is 1070. The van der Waals surface area contributed by atoms with Gasteiger partial charge in [-0.2, -0.15) is 0 Å². The average molecular weight is 430 g/mol. The van der Waals surface area contributed by atoms with Gasteiger partial charge in [0.1, 0.15) is 17.4 Å². The van der Waals surface area contributed by atoms with Crippen molar-refractivity contribution in [3.05, 3.63) is 107 Å². The first-order valence-electron chi connectivity index (χ1n) is 10.00. The zero-order chi connectivity index (χ0) is 21.5. The quantitative estimate of drug-likeness (QED) is 0.379. The molecule has 0 atom stereocenters. The number of anilines is 2. The van der Waals surface area contributed by atoms with E-state index in [-0.39, 0.29) is 12.3 Å². The molecule has 0 bridgehead atoms. The summed E-state index contributed by atoms with van der Waals surface area (Å²) in [4.78, 5) is 17.3. The number of hydrogen-bond donors (Lipinski definition) is 1. The molecule has 0 aliphatic carbocycles. The number of aromatic nitrogens is 1. The molecule has 0 aliphatic heterocycles. The third kappa shape index (κ3) is 5.71. The Balaban J connectivity index is 1.39. The SMILES string of the molecule is Cc1ccc(OCc2nc(CC(=O)NN(c3ccccc3)c3ccccc3)cs2)cc1. The van der Waals surface area contributed by atoms with Crippen LogP contribution in [0.3, 0.4) is 0 Å². The van der Waals surface area contributed by atoms with Crippen molar-refractivity contribution in [1.82, 2.24) is 10.4 Å². The normalized spacial score (nSPS) is 10.5. The van der Waals surface area contributed by atoms with Crippen molar-refractivity contribution in [2.24, 2.45) is 0 Å². The molecule has 4 aromatic rings. The summed E-state index contributed by atoms with van der Waals surface area (Å²) < 4.78 is 5.78. The summed E-state index contributed by atoms with van der Waals surface area (Å²) in [5.74, 6) is 0.672. The van der Waals surface area contributed by atoms with Crippen molar-refractivity contribution in [1.29, 1.82) is 0 Å². The minimum absolute atomic E-state index is 0.135. The lowest BCUT2D eigenvalue weighted by Crippen LogP contribution is -2.39. The number of amides is 1. The molecule has 1 amide bonds. The first-order valence-corrected chi connectivity index (χ1v) is 10.9. The number of aryl methyl sites for hydroxylation is 1. The molecule has 1 heterocycles. The number of hydrazine groups is 1. The van der Waals surface area contributed by atoms with Gasteiger partial charge in [0.15, 0.2) is 0 Å². The Morgan fingerprint density at radius 3 is 2.16 bits per heavy atom. The maximum atomic E-state index is 12.8. The topological polar surface area (TPSA) is 54.5 Å². The summed E-state index contributed by atoms with van der Waals surface area (Å²) in [6, 6.07) is 27.4. The molecule has 156 valence electrons. The van der Waals surface area contributed by atoms with E-state index in [0.717, 1.165) is 27.8 Å². The van der Waals surface area contributed by atoms with Crippen molar-refractivity contribution in [3.63, 3.8) is 0 Å². The molecule has 1 aromatic heterocycles. The smallest absolute Gasteiger partial charge is 0.244 e. The maximum Gasteiger partial charge on any atom is 0.244 e. The van der Waals surface area contributed by atoms with Gasteiger partial charge >= 0.3 is 0 Å². The monoisotopic (exact) mass is 429 g/mol. The predicted molar refractivity (Wildman–Crippen MR) is 124 cm³/mol. The van der Waals surface area contributed by atoms with Crippen LogP contribution >= 0.6 is 11.3 Å². The van der Waals surface area contributed by atoms with Crippen LogP contribution in [0.4, 0.5) is 11.4 Å². The number of carbonyl (C=O) groups excluding carboxylic acids is 1. The van der Waals surface area contributed by atoms with Gasteiger partial charge in [0.2, 0.25) is 5.91 Å². The van der Waals surface area contributed by atoms with Crippen LogP contribution in [0.2, 0.25) is 0 Å². The van der Waals surface area contributed by atoms with Crippen molar-refractivity contribution in [2.45, 2.75) is 20.0 Å². The second kappa shape index (κ2) is 9.91. The van der Waals surface area contributed by atoms with E-state index in [9.17, 15) is 4.79 Å². The van der Waals surface area contributed by atoms with Crippen LogP contribution in [0, 0.1) is 6.92 Å². The highest BCUT2D eigenvalue weighted by atomic mass is 32.1. The van der Waals surface area contributed by atoms with Crippen molar-refractivity contribution in [2.75, 3.05) is 5.01 Å². The fraction of sp³-hybridized carbons (Fsp3) is 0.120. The number of nitrogens with one attached hydrogen (secondary N) is 1. The van der Waals surface area contributed by atoms with Gasteiger partial charge in [0.25, 0.3) is 0 Å². The molecule has 6 heteroatoms. The summed E-state index contributed by atoms with van der Waals surface area (Å²) in [5.41, 5.74) is 6.68. The van der Waals surface area contributed by atoms with Gasteiger partial charge in [0, 0.05) is 5.38 Å². The lowest BCUT2D eigenvalue weighted by Gasteiger charge is -2.25. The number of carbonyl (C=O) groups is 1. The van der Waals surface area contributed by atoms with E-state index in [1.807, 2.05) is 97.2 Å². The number of rotatable bonds is 8. The Kier molecular flexibility index (Phi) is 6.59. The van der Waals surface area contributed by atoms with Crippen LogP contribution in [0.1, 0.15) is 16.3 Å². The first kappa shape index (κ1) is 20.6. The average Bonchev–Trinajstić information content (AvgIpc) is 3.25. The Labute approximate surface area is 185 Å². The van der Waals surface area contributed by atoms with E-state index in [1.165, 1.54) is 16.9 Å². The fourth-order valence-electron chi connectivity index (χ4n) is 3.04. The molecular weight excluding hydrogens is 406 g/mol. The zero-order valence-electron chi connectivity index (χ0n) is 17.2. The van der Waals surface area contributed by atoms with Gasteiger partial charge in [-0.3, -0.25) is 15.2 Å². The molecule has 0 saturated heterocycles. The second-order valence-electron chi connectivity index (χ2n) is 7.05. The summed E-state index contributed by atoms with van der Waals surface area (Å²) in [6.45, 7) is 2.42. The molecule has 0 unspecified atom stereocenters. The summed E-state index contributed by atoms with van der Waals surface area (Å²) in [7, 11) is 0. The number of thiazole rings is 1. The molecule has 0 fully saturated rings. The Hall–Kier alpha value is -3.64. The van der Waals surface area contributed by atoms with Crippen LogP contribution in [-0.2, 0) is 17.8 Å². The van der Waals surface area contributed by atoms with E-state index in [1.54, 1.807) is 5.01 Å². The highest BCUT2D eigenvalue weighted by molar-refractivity contribution is 7.09. The van der Waals surface area contributed by atoms with Gasteiger partial charge in [-0.25, -0.2) is 4.98 Å². The molecule has 3 aromatic carbocycles. The molecule has 1 N–H and O–H groups in total. The van der Waals surface area contributed by atoms with E-state index in [0.29, 0.717) is 6.61 Å². The fourth-order valence-corrected chi connectivity index (χ4v) is 3.74. The molecule has 0 aliphatic rings. The zero-order valence-corrected chi connectivity index (χ0v) is 18.0. The van der Waals surface area contributed by atoms with Crippen molar-refractivity contribution in [3.8, 4) is 5.75 Å².